The third kappa shape index (κ3) is 7.48. The van der Waals surface area contributed by atoms with Crippen molar-refractivity contribution in [1.82, 2.24) is 18.3 Å². The molecule has 0 unspecified atom stereocenters. The highest BCUT2D eigenvalue weighted by Crippen LogP contribution is 2.26. The molecule has 0 aromatic carbocycles. The van der Waals surface area contributed by atoms with Gasteiger partial charge in [0.15, 0.2) is 0 Å². The van der Waals surface area contributed by atoms with Gasteiger partial charge >= 0.3 is 23.3 Å². The third-order valence-corrected chi connectivity index (χ3v) is 6.46. The Labute approximate surface area is 246 Å². The first-order valence-corrected chi connectivity index (χ1v) is 13.2. The molecule has 0 spiro atoms. The highest BCUT2D eigenvalue weighted by molar-refractivity contribution is 6.08. The number of aliphatic hydroxyl groups excluding tert-OH is 1. The normalized spacial score (nSPS) is 12.4. The Hall–Kier alpha value is -4.92. The Morgan fingerprint density at radius 2 is 1.14 bits per heavy atom. The molecular weight excluding hydrogens is 564 g/mol. The zero-order chi connectivity index (χ0) is 32.8. The van der Waals surface area contributed by atoms with Gasteiger partial charge in [0, 0.05) is 47.6 Å². The first-order valence-electron chi connectivity index (χ1n) is 13.2. The highest BCUT2D eigenvalue weighted by atomic mass is 16.5. The summed E-state index contributed by atoms with van der Waals surface area (Å²) in [6, 6.07) is 0. The van der Waals surface area contributed by atoms with Gasteiger partial charge in [-0.1, -0.05) is 13.2 Å². The number of carboxylic acids is 1. The molecule has 0 amide bonds. The Kier molecular flexibility index (Phi) is 11.4. The number of carbonyl (C=O) groups excluding carboxylic acids is 1. The second-order valence-corrected chi connectivity index (χ2v) is 9.56. The van der Waals surface area contributed by atoms with Gasteiger partial charge in [-0.25, -0.2) is 19.6 Å². The van der Waals surface area contributed by atoms with E-state index in [1.54, 1.807) is 20.9 Å². The molecule has 0 saturated carbocycles. The number of hydrogen-bond donors (Lipinski definition) is 2. The lowest BCUT2D eigenvalue weighted by Crippen LogP contribution is -2.38. The Morgan fingerprint density at radius 1 is 0.767 bits per heavy atom. The maximum Gasteiger partial charge on any atom is 0.332 e. The number of carbonyl (C=O) groups is 2. The van der Waals surface area contributed by atoms with Gasteiger partial charge in [-0.05, 0) is 25.0 Å². The molecular formula is C28H36N6O9. The first-order chi connectivity index (χ1) is 20.1. The van der Waals surface area contributed by atoms with Crippen LogP contribution in [0.5, 0.6) is 0 Å². The zero-order valence-corrected chi connectivity index (χ0v) is 25.1. The summed E-state index contributed by atoms with van der Waals surface area (Å²) in [5, 5.41) is 16.3. The number of ether oxygens (including phenoxy) is 1. The van der Waals surface area contributed by atoms with Crippen LogP contribution in [-0.4, -0.2) is 65.1 Å². The van der Waals surface area contributed by atoms with Crippen LogP contribution in [0.4, 0.5) is 11.6 Å². The summed E-state index contributed by atoms with van der Waals surface area (Å²) in [7, 11) is 5.90. The molecule has 15 heteroatoms. The van der Waals surface area contributed by atoms with Crippen molar-refractivity contribution >= 4 is 35.0 Å². The second kappa shape index (κ2) is 14.3. The summed E-state index contributed by atoms with van der Waals surface area (Å²) in [6.45, 7) is 11.4. The summed E-state index contributed by atoms with van der Waals surface area (Å²) < 4.78 is 9.51. The van der Waals surface area contributed by atoms with E-state index in [4.69, 9.17) is 14.9 Å². The van der Waals surface area contributed by atoms with Gasteiger partial charge in [-0.2, -0.15) is 0 Å². The maximum atomic E-state index is 12.1. The fraction of sp³-hybridized carbons (Fsp3) is 0.429. The van der Waals surface area contributed by atoms with E-state index in [2.05, 4.69) is 23.1 Å². The minimum Gasteiger partial charge on any atom is -0.481 e. The van der Waals surface area contributed by atoms with Gasteiger partial charge in [-0.15, -0.1) is 0 Å². The largest absolute Gasteiger partial charge is 0.481 e. The molecule has 43 heavy (non-hydrogen) atoms. The first kappa shape index (κ1) is 34.3. The predicted octanol–water partition coefficient (Wildman–Crippen LogP) is -0.0359. The average molecular weight is 601 g/mol. The molecule has 2 aliphatic heterocycles. The summed E-state index contributed by atoms with van der Waals surface area (Å²) >= 11 is 0. The minimum atomic E-state index is -1.01. The van der Waals surface area contributed by atoms with Crippen molar-refractivity contribution in [3.8, 4) is 0 Å². The van der Waals surface area contributed by atoms with E-state index < -0.39 is 22.9 Å². The predicted molar refractivity (Wildman–Crippen MR) is 160 cm³/mol. The molecule has 0 bridgehead atoms. The molecule has 2 N–H and O–H groups in total. The topological polar surface area (TPSA) is 197 Å². The van der Waals surface area contributed by atoms with E-state index in [0.29, 0.717) is 46.1 Å². The van der Waals surface area contributed by atoms with Crippen LogP contribution in [0.2, 0.25) is 0 Å². The minimum absolute atomic E-state index is 0.0227. The summed E-state index contributed by atoms with van der Waals surface area (Å²) in [4.78, 5) is 78.2. The molecule has 0 radical (unpaired) electrons. The number of aliphatic carboxylic acids is 1. The van der Waals surface area contributed by atoms with Crippen molar-refractivity contribution in [3.05, 3.63) is 77.1 Å². The number of esters is 1. The fourth-order valence-electron chi connectivity index (χ4n) is 4.25. The quantitative estimate of drug-likeness (QED) is 0.410. The monoisotopic (exact) mass is 600 g/mol. The van der Waals surface area contributed by atoms with Crippen LogP contribution in [0.15, 0.2) is 53.5 Å². The zero-order valence-electron chi connectivity index (χ0n) is 25.1. The van der Waals surface area contributed by atoms with Gasteiger partial charge in [0.1, 0.15) is 11.6 Å². The molecule has 232 valence electrons. The van der Waals surface area contributed by atoms with Crippen molar-refractivity contribution in [2.45, 2.75) is 39.5 Å². The number of aliphatic hydroxyl groups is 1. The van der Waals surface area contributed by atoms with Crippen LogP contribution < -0.4 is 22.5 Å². The van der Waals surface area contributed by atoms with Crippen molar-refractivity contribution in [1.29, 1.82) is 0 Å². The van der Waals surface area contributed by atoms with Crippen LogP contribution in [0.3, 0.4) is 0 Å². The van der Waals surface area contributed by atoms with Gasteiger partial charge in [0.05, 0.1) is 42.0 Å². The summed E-state index contributed by atoms with van der Waals surface area (Å²) in [5.74, 6) is -0.772. The lowest BCUT2D eigenvalue weighted by molar-refractivity contribution is -0.142. The standard InChI is InChI=1S/C14H17N3O4.C12H13N3O4.C2H6O/c1-5-21-11(18)6-8(2)10-7-9-12(15-10)16(3)14(20)17(4)13(9)19;1-6(4-9(16)17)8-5-7-10(13-8)14(2)12(19)15(3)11(7)18;1-2-3/h2,5-7H2,1,3-4H3;1,4-5H2,2-3H3,(H,16,17);3H,2H2,1H3. The number of carboxylic acid groups (broad SMARTS) is 1. The van der Waals surface area contributed by atoms with Crippen molar-refractivity contribution < 1.29 is 24.5 Å². The molecule has 0 fully saturated rings. The maximum absolute atomic E-state index is 12.1. The Bertz CT molecular complexity index is 1780. The molecule has 2 aromatic heterocycles. The van der Waals surface area contributed by atoms with Crippen LogP contribution in [-0.2, 0) is 55.4 Å². The van der Waals surface area contributed by atoms with Crippen LogP contribution in [0, 0.1) is 0 Å². The molecule has 0 atom stereocenters. The number of aliphatic imine (C=N–C) groups is 2. The molecule has 0 aliphatic carbocycles. The van der Waals surface area contributed by atoms with E-state index in [9.17, 15) is 28.8 Å². The lowest BCUT2D eigenvalue weighted by atomic mass is 10.0. The molecule has 0 saturated heterocycles. The second-order valence-electron chi connectivity index (χ2n) is 9.56. The van der Waals surface area contributed by atoms with Gasteiger partial charge in [0.25, 0.3) is 11.1 Å². The van der Waals surface area contributed by atoms with E-state index in [1.807, 2.05) is 0 Å². The lowest BCUT2D eigenvalue weighted by Gasteiger charge is -2.05. The fourth-order valence-corrected chi connectivity index (χ4v) is 4.25. The Balaban J connectivity index is 0.000000276. The van der Waals surface area contributed by atoms with E-state index in [1.165, 1.54) is 30.3 Å². The van der Waals surface area contributed by atoms with E-state index >= 15 is 0 Å². The van der Waals surface area contributed by atoms with Crippen LogP contribution in [0.25, 0.3) is 0 Å². The van der Waals surface area contributed by atoms with Crippen LogP contribution >= 0.6 is 0 Å². The number of hydrogen-bond acceptors (Lipinski definition) is 10. The molecule has 2 aliphatic rings. The summed E-state index contributed by atoms with van der Waals surface area (Å²) in [5.41, 5.74) is 1.00. The molecule has 2 aromatic rings. The van der Waals surface area contributed by atoms with Crippen LogP contribution in [0.1, 0.15) is 37.8 Å². The summed E-state index contributed by atoms with van der Waals surface area (Å²) in [6.07, 6.45) is 0.270. The number of fused-ring (bicyclic) bond motifs is 2. The van der Waals surface area contributed by atoms with Gasteiger partial charge in [-0.3, -0.25) is 37.4 Å². The average Bonchev–Trinajstić information content (AvgIpc) is 3.60. The van der Waals surface area contributed by atoms with Crippen molar-refractivity contribution in [3.63, 3.8) is 0 Å². The molecule has 4 rings (SSSR count). The smallest absolute Gasteiger partial charge is 0.332 e. The van der Waals surface area contributed by atoms with Gasteiger partial charge < -0.3 is 14.9 Å². The third-order valence-electron chi connectivity index (χ3n) is 6.46. The molecule has 4 heterocycles. The number of aromatic nitrogens is 4. The van der Waals surface area contributed by atoms with Crippen molar-refractivity contribution in [2.24, 2.45) is 38.2 Å². The number of rotatable bonds is 7. The SMILES string of the molecule is C=C(CC(=O)O)C1=Nc2c(c(=O)n(C)c(=O)n2C)C1.C=C(CC(=O)OCC)C1=Nc2c(c(=O)n(C)c(=O)n2C)C1.CCO. The van der Waals surface area contributed by atoms with Gasteiger partial charge in [0.2, 0.25) is 0 Å². The highest BCUT2D eigenvalue weighted by Gasteiger charge is 2.26. The Morgan fingerprint density at radius 3 is 1.49 bits per heavy atom. The van der Waals surface area contributed by atoms with E-state index in [0.717, 1.165) is 9.13 Å². The van der Waals surface area contributed by atoms with E-state index in [-0.39, 0.29) is 49.6 Å². The molecule has 15 nitrogen and oxygen atoms in total. The number of nitrogens with zero attached hydrogens (tertiary/aromatic N) is 6. The van der Waals surface area contributed by atoms with Crippen molar-refractivity contribution in [2.75, 3.05) is 13.2 Å².